The van der Waals surface area contributed by atoms with E-state index < -0.39 is 263 Å². The van der Waals surface area contributed by atoms with Crippen molar-refractivity contribution < 1.29 is 39.8 Å². The summed E-state index contributed by atoms with van der Waals surface area (Å²) in [5, 5.41) is -5.14. The monoisotopic (exact) mass is 659 g/mol. The van der Waals surface area contributed by atoms with Crippen LogP contribution >= 0.6 is 0 Å². The minimum Gasteiger partial charge on any atom is -0.0622 e. The van der Waals surface area contributed by atoms with Gasteiger partial charge in [0, 0.05) is 0 Å². The molecule has 0 aliphatic heterocycles. The van der Waals surface area contributed by atoms with Gasteiger partial charge in [0.2, 0.25) is 0 Å². The summed E-state index contributed by atoms with van der Waals surface area (Å²) in [4.78, 5) is 0. The third kappa shape index (κ3) is 4.00. The molecule has 0 aliphatic carbocycles. The van der Waals surface area contributed by atoms with Crippen molar-refractivity contribution in [3.05, 3.63) is 181 Å². The molecule has 0 N–H and O–H groups in total. The van der Waals surface area contributed by atoms with Crippen molar-refractivity contribution in [1.29, 1.82) is 0 Å². The molecule has 11 rings (SSSR count). The summed E-state index contributed by atoms with van der Waals surface area (Å²) < 4.78 is 266. The minimum atomic E-state index is -1.14. The summed E-state index contributed by atoms with van der Waals surface area (Å²) in [5.74, 6) is 0. The molecule has 0 heteroatoms. The lowest BCUT2D eigenvalue weighted by atomic mass is 9.85. The maximum atomic E-state index is 10.2. The third-order valence-corrected chi connectivity index (χ3v) is 8.65. The van der Waals surface area contributed by atoms with Crippen LogP contribution in [-0.2, 0) is 0 Å². The molecule has 0 aromatic heterocycles. The van der Waals surface area contributed by atoms with E-state index in [1.165, 1.54) is 0 Å². The molecule has 230 valence electrons. The lowest BCUT2D eigenvalue weighted by molar-refractivity contribution is 1.57. The molecule has 0 amide bonds. The van der Waals surface area contributed by atoms with Gasteiger partial charge in [-0.3, -0.25) is 0 Å². The predicted octanol–water partition coefficient (Wildman–Crippen LogP) is 14.1. The average molecular weight is 660 g/mol. The van der Waals surface area contributed by atoms with E-state index in [1.807, 2.05) is 0 Å². The Labute approximate surface area is 330 Å². The van der Waals surface area contributed by atoms with Gasteiger partial charge in [-0.15, -0.1) is 0 Å². The summed E-state index contributed by atoms with van der Waals surface area (Å²) in [7, 11) is 0. The van der Waals surface area contributed by atoms with Crippen LogP contribution in [0.3, 0.4) is 0 Å². The van der Waals surface area contributed by atoms with E-state index >= 15 is 0 Å². The molecule has 50 heavy (non-hydrogen) atoms. The van der Waals surface area contributed by atoms with Gasteiger partial charge in [0.25, 0.3) is 0 Å². The minimum absolute atomic E-state index is 0.284. The van der Waals surface area contributed by atoms with E-state index in [0.29, 0.717) is 0 Å². The highest BCUT2D eigenvalue weighted by molar-refractivity contribution is 6.27. The van der Waals surface area contributed by atoms with E-state index in [1.54, 1.807) is 0 Å². The fourth-order valence-electron chi connectivity index (χ4n) is 6.49. The van der Waals surface area contributed by atoms with Crippen molar-refractivity contribution in [1.82, 2.24) is 0 Å². The molecule has 0 spiro atoms. The van der Waals surface area contributed by atoms with E-state index in [0.717, 1.165) is 6.07 Å². The second-order valence-corrected chi connectivity index (χ2v) is 11.3. The SMILES string of the molecule is [2H]c1c([2H])c([2H])c(-c2c([2H])c(-c3c([2H])c([2H])c([2H])c([2H])c3-c3cc([2H])c4c([2H])c([2H])c5c([2H])c([2H])c([2H])c6c([2H])c([2H])c3c4c56)c([2H])c(-c3c([2H])c([2H])c4c([2H])c([2H])c5c([2H])c([2H])c([2H])c6c([2H])c([2H])c3c4c56)c2[2H])c([2H])c1[2H]. The summed E-state index contributed by atoms with van der Waals surface area (Å²) >= 11 is 0. The van der Waals surface area contributed by atoms with Gasteiger partial charge in [0.15, 0.2) is 0 Å². The molecule has 0 saturated carbocycles. The van der Waals surface area contributed by atoms with Crippen LogP contribution in [0.1, 0.15) is 39.8 Å². The molecular formula is C50H30. The Hall–Kier alpha value is -6.50. The largest absolute Gasteiger partial charge is 0.0636 e. The van der Waals surface area contributed by atoms with Crippen molar-refractivity contribution in [2.75, 3.05) is 0 Å². The van der Waals surface area contributed by atoms with E-state index in [2.05, 4.69) is 0 Å². The van der Waals surface area contributed by atoms with Gasteiger partial charge in [-0.25, -0.2) is 0 Å². The molecule has 0 aliphatic rings. The lowest BCUT2D eigenvalue weighted by Crippen LogP contribution is -1.92. The first-order chi connectivity index (χ1) is 36.9. The molecule has 0 heterocycles. The van der Waals surface area contributed by atoms with Crippen molar-refractivity contribution in [2.24, 2.45) is 0 Å². The van der Waals surface area contributed by atoms with Gasteiger partial charge < -0.3 is 0 Å². The highest BCUT2D eigenvalue weighted by Crippen LogP contribution is 2.45. The predicted molar refractivity (Wildman–Crippen MR) is 216 cm³/mol. The maximum absolute atomic E-state index is 10.2. The summed E-state index contributed by atoms with van der Waals surface area (Å²) in [6.45, 7) is 0. The Bertz CT molecular complexity index is 4670. The quantitative estimate of drug-likeness (QED) is 0.165. The third-order valence-electron chi connectivity index (χ3n) is 8.65. The van der Waals surface area contributed by atoms with Gasteiger partial charge in [0.1, 0.15) is 0 Å². The first kappa shape index (κ1) is 11.5. The van der Waals surface area contributed by atoms with Crippen molar-refractivity contribution in [3.63, 3.8) is 0 Å². The summed E-state index contributed by atoms with van der Waals surface area (Å²) in [6, 6.07) is -25.0. The molecule has 11 aromatic carbocycles. The van der Waals surface area contributed by atoms with Gasteiger partial charge in [0.05, 0.1) is 39.8 Å². The van der Waals surface area contributed by atoms with Gasteiger partial charge >= 0.3 is 0 Å². The smallest absolute Gasteiger partial charge is 0.0622 e. The molecular weight excluding hydrogens is 601 g/mol. The molecule has 0 saturated heterocycles. The number of benzene rings is 11. The Morgan fingerprint density at radius 2 is 0.720 bits per heavy atom. The van der Waals surface area contributed by atoms with E-state index in [9.17, 15) is 16.4 Å². The molecule has 0 atom stereocenters. The van der Waals surface area contributed by atoms with Crippen LogP contribution in [0.15, 0.2) is 181 Å². The summed E-state index contributed by atoms with van der Waals surface area (Å²) in [5.41, 5.74) is -6.72. The summed E-state index contributed by atoms with van der Waals surface area (Å²) in [6.07, 6.45) is 0. The topological polar surface area (TPSA) is 0 Å². The van der Waals surface area contributed by atoms with Crippen LogP contribution in [0.5, 0.6) is 0 Å². The fraction of sp³-hybridized carbons (Fsp3) is 0. The standard InChI is InChI=1S/C50H30/c1-2-8-31(9-3-1)38-28-39(30-40(29-38)42-24-20-36-18-16-32-10-6-12-34-22-26-45(42)49(36)47(32)34)41-14-4-5-15-43(41)44-25-21-37-19-17-33-11-7-13-35-23-27-46(44)50(37)48(33)35/h1-30H/i1D,2D,3D,4D,5D,6D,7D,8D,9D,10D,11D,12D,13D,14D,15D,16D,17D,18D,19D,20D,21D,22D,23D,24D,26D,27D,28D,29D,30D. The van der Waals surface area contributed by atoms with Crippen molar-refractivity contribution >= 4 is 64.6 Å². The van der Waals surface area contributed by atoms with Crippen molar-refractivity contribution in [3.8, 4) is 44.5 Å². The van der Waals surface area contributed by atoms with Crippen LogP contribution in [-0.4, -0.2) is 0 Å². The number of hydrogen-bond acceptors (Lipinski definition) is 0. The fourth-order valence-corrected chi connectivity index (χ4v) is 6.49. The zero-order valence-electron chi connectivity index (χ0n) is 54.1. The Morgan fingerprint density at radius 1 is 0.260 bits per heavy atom. The molecule has 0 fully saturated rings. The second-order valence-electron chi connectivity index (χ2n) is 11.3. The Balaban J connectivity index is 1.43. The second kappa shape index (κ2) is 10.5. The Morgan fingerprint density at radius 3 is 1.36 bits per heavy atom. The van der Waals surface area contributed by atoms with Crippen LogP contribution < -0.4 is 0 Å². The number of hydrogen-bond donors (Lipinski definition) is 0. The Kier molecular flexibility index (Phi) is 2.42. The first-order valence-corrected chi connectivity index (χ1v) is 15.1. The zero-order valence-corrected chi connectivity index (χ0v) is 25.1. The van der Waals surface area contributed by atoms with E-state index in [4.69, 9.17) is 23.3 Å². The van der Waals surface area contributed by atoms with Crippen LogP contribution in [0.2, 0.25) is 0 Å². The van der Waals surface area contributed by atoms with Gasteiger partial charge in [-0.2, -0.15) is 0 Å². The maximum Gasteiger partial charge on any atom is 0.0636 e. The highest BCUT2D eigenvalue weighted by atomic mass is 14.2. The van der Waals surface area contributed by atoms with Crippen molar-refractivity contribution in [2.45, 2.75) is 0 Å². The van der Waals surface area contributed by atoms with Crippen LogP contribution in [0, 0.1) is 0 Å². The molecule has 0 unspecified atom stereocenters. The highest BCUT2D eigenvalue weighted by Gasteiger charge is 2.18. The average Bonchev–Trinajstić information content (AvgIpc) is 3.60. The molecule has 0 radical (unpaired) electrons. The van der Waals surface area contributed by atoms with Crippen LogP contribution in [0.25, 0.3) is 109 Å². The molecule has 11 aromatic rings. The van der Waals surface area contributed by atoms with Crippen LogP contribution in [0.4, 0.5) is 0 Å². The lowest BCUT2D eigenvalue weighted by Gasteiger charge is -2.18. The zero-order chi connectivity index (χ0) is 58.0. The van der Waals surface area contributed by atoms with E-state index in [-0.39, 0.29) is 21.5 Å². The van der Waals surface area contributed by atoms with Gasteiger partial charge in [-0.1, -0.05) is 163 Å². The molecule has 0 bridgehead atoms. The molecule has 0 nitrogen and oxygen atoms in total. The number of rotatable bonds is 4. The normalized spacial score (nSPS) is 20.1. The first-order valence-electron chi connectivity index (χ1n) is 29.6. The van der Waals surface area contributed by atoms with Gasteiger partial charge in [-0.05, 0) is 127 Å².